The lowest BCUT2D eigenvalue weighted by Gasteiger charge is -2.44. The highest BCUT2D eigenvalue weighted by atomic mass is 19.4. The molecule has 2 atom stereocenters. The van der Waals surface area contributed by atoms with Gasteiger partial charge in [0, 0.05) is 24.1 Å². The van der Waals surface area contributed by atoms with Gasteiger partial charge in [-0.2, -0.15) is 13.2 Å². The van der Waals surface area contributed by atoms with Crippen LogP contribution < -0.4 is 4.74 Å². The monoisotopic (exact) mass is 443 g/mol. The summed E-state index contributed by atoms with van der Waals surface area (Å²) in [7, 11) is 0. The number of nitrogens with zero attached hydrogens (tertiary/aromatic N) is 1. The van der Waals surface area contributed by atoms with Crippen LogP contribution in [0, 0.1) is 37.5 Å². The van der Waals surface area contributed by atoms with Gasteiger partial charge in [-0.25, -0.2) is 4.98 Å². The fourth-order valence-electron chi connectivity index (χ4n) is 6.04. The minimum atomic E-state index is -4.46. The Labute approximate surface area is 184 Å². The second-order valence-electron chi connectivity index (χ2n) is 9.27. The Morgan fingerprint density at radius 2 is 1.59 bits per heavy atom. The summed E-state index contributed by atoms with van der Waals surface area (Å²) in [6, 6.07) is 5.56. The van der Waals surface area contributed by atoms with E-state index in [9.17, 15) is 23.1 Å². The molecule has 2 unspecified atom stereocenters. The van der Waals surface area contributed by atoms with E-state index in [4.69, 9.17) is 4.74 Å². The van der Waals surface area contributed by atoms with Gasteiger partial charge in [0.15, 0.2) is 5.78 Å². The van der Waals surface area contributed by atoms with Crippen molar-refractivity contribution in [3.05, 3.63) is 58.5 Å². The number of rotatable bonds is 3. The van der Waals surface area contributed by atoms with Crippen LogP contribution in [-0.2, 0) is 11.0 Å². The number of carbonyl (C=O) groups excluding carboxylic acids is 1. The lowest BCUT2D eigenvalue weighted by Crippen LogP contribution is -2.41. The number of allylic oxidation sites excluding steroid dienone is 2. The lowest BCUT2D eigenvalue weighted by molar-refractivity contribution is -0.137. The highest BCUT2D eigenvalue weighted by Gasteiger charge is 2.54. The molecule has 32 heavy (non-hydrogen) atoms. The van der Waals surface area contributed by atoms with E-state index < -0.39 is 11.7 Å². The highest BCUT2D eigenvalue weighted by molar-refractivity contribution is 6.25. The molecule has 0 saturated heterocycles. The Bertz CT molecular complexity index is 1090. The van der Waals surface area contributed by atoms with Crippen LogP contribution >= 0.6 is 0 Å². The van der Waals surface area contributed by atoms with Crippen LogP contribution in [0.2, 0.25) is 0 Å². The van der Waals surface area contributed by atoms with Crippen molar-refractivity contribution < 1.29 is 27.8 Å². The molecule has 7 heteroatoms. The summed E-state index contributed by atoms with van der Waals surface area (Å²) in [5, 5.41) is 11.1. The summed E-state index contributed by atoms with van der Waals surface area (Å²) in [6.07, 6.45) is 0.536. The van der Waals surface area contributed by atoms with Crippen molar-refractivity contribution in [2.75, 3.05) is 0 Å². The molecule has 4 nitrogen and oxygen atoms in total. The molecular weight excluding hydrogens is 419 g/mol. The number of ether oxygens (including phenoxy) is 1. The number of aliphatic hydroxyl groups is 1. The summed E-state index contributed by atoms with van der Waals surface area (Å²) in [4.78, 5) is 17.1. The molecule has 4 aliphatic rings. The van der Waals surface area contributed by atoms with Crippen LogP contribution in [-0.4, -0.2) is 15.9 Å². The van der Waals surface area contributed by atoms with Crippen molar-refractivity contribution in [3.63, 3.8) is 0 Å². The Balaban J connectivity index is 1.45. The molecule has 0 amide bonds. The van der Waals surface area contributed by atoms with Crippen molar-refractivity contribution in [1.82, 2.24) is 4.98 Å². The predicted octanol–water partition coefficient (Wildman–Crippen LogP) is 6.41. The number of aromatic nitrogens is 1. The number of benzene rings is 1. The first-order valence-electron chi connectivity index (χ1n) is 10.9. The number of pyridine rings is 1. The maximum atomic E-state index is 13.4. The van der Waals surface area contributed by atoms with Crippen LogP contribution in [0.4, 0.5) is 13.2 Å². The van der Waals surface area contributed by atoms with Crippen molar-refractivity contribution in [3.8, 4) is 11.6 Å². The average molecular weight is 443 g/mol. The van der Waals surface area contributed by atoms with Gasteiger partial charge >= 0.3 is 6.18 Å². The fraction of sp³-hybridized carbons (Fsp3) is 0.440. The van der Waals surface area contributed by atoms with Gasteiger partial charge in [0.2, 0.25) is 5.88 Å². The molecule has 2 aromatic rings. The first-order chi connectivity index (χ1) is 15.1. The maximum Gasteiger partial charge on any atom is 0.417 e. The van der Waals surface area contributed by atoms with Crippen LogP contribution in [0.5, 0.6) is 11.6 Å². The zero-order valence-corrected chi connectivity index (χ0v) is 17.9. The second kappa shape index (κ2) is 7.36. The van der Waals surface area contributed by atoms with Crippen molar-refractivity contribution in [2.45, 2.75) is 45.7 Å². The number of hydrogen-bond acceptors (Lipinski definition) is 4. The van der Waals surface area contributed by atoms with Gasteiger partial charge in [-0.3, -0.25) is 4.79 Å². The van der Waals surface area contributed by atoms with Crippen LogP contribution in [0.25, 0.3) is 5.57 Å². The second-order valence-corrected chi connectivity index (χ2v) is 9.27. The third-order valence-electron chi connectivity index (χ3n) is 7.38. The number of halogens is 3. The molecule has 1 heterocycles. The molecule has 0 aliphatic heterocycles. The van der Waals surface area contributed by atoms with Gasteiger partial charge in [0.05, 0.1) is 11.1 Å². The van der Waals surface area contributed by atoms with E-state index >= 15 is 0 Å². The number of hydrogen-bond donors (Lipinski definition) is 1. The Morgan fingerprint density at radius 3 is 2.09 bits per heavy atom. The van der Waals surface area contributed by atoms with Gasteiger partial charge in [-0.15, -0.1) is 0 Å². The molecule has 4 aliphatic carbocycles. The first-order valence-corrected chi connectivity index (χ1v) is 10.9. The van der Waals surface area contributed by atoms with Crippen LogP contribution in [0.3, 0.4) is 0 Å². The van der Waals surface area contributed by atoms with Gasteiger partial charge in [0.25, 0.3) is 0 Å². The third-order valence-corrected chi connectivity index (χ3v) is 7.38. The Kier molecular flexibility index (Phi) is 4.84. The standard InChI is InChI=1S/C25H24F3NO3/c1-12-9-17(32-18-8-7-16(11-29-18)25(26,27)28)10-13(2)19(12)22-23(30)20-14-3-4-15(6-5-14)21(20)24(22)31/h7-11,14-15,20-21,30H,3-6H2,1-2H3/t14-,15+,20?,21?. The van der Waals surface area contributed by atoms with Gasteiger partial charge in [-0.05, 0) is 86.3 Å². The lowest BCUT2D eigenvalue weighted by atomic mass is 9.59. The molecule has 0 radical (unpaired) electrons. The number of alkyl halides is 3. The molecule has 168 valence electrons. The van der Waals surface area contributed by atoms with Gasteiger partial charge in [-0.1, -0.05) is 0 Å². The topological polar surface area (TPSA) is 59.4 Å². The minimum Gasteiger partial charge on any atom is -0.511 e. The smallest absolute Gasteiger partial charge is 0.417 e. The SMILES string of the molecule is Cc1cc(Oc2ccc(C(F)(F)F)cn2)cc(C)c1C1=C(O)C2C(C1=O)[C@H]1CC[C@@H]2CC1. The molecule has 1 aromatic carbocycles. The molecule has 0 spiro atoms. The van der Waals surface area contributed by atoms with Crippen molar-refractivity contribution in [1.29, 1.82) is 0 Å². The molecule has 6 rings (SSSR count). The predicted molar refractivity (Wildman–Crippen MR) is 112 cm³/mol. The normalized spacial score (nSPS) is 27.1. The van der Waals surface area contributed by atoms with Crippen LogP contribution in [0.1, 0.15) is 47.9 Å². The molecular formula is C25H24F3NO3. The number of Topliss-reactive ketones (excluding diaryl/α,β-unsaturated/α-hetero) is 1. The zero-order chi connectivity index (χ0) is 22.8. The summed E-state index contributed by atoms with van der Waals surface area (Å²) in [5.74, 6) is 1.31. The summed E-state index contributed by atoms with van der Waals surface area (Å²) < 4.78 is 43.9. The summed E-state index contributed by atoms with van der Waals surface area (Å²) in [6.45, 7) is 3.69. The van der Waals surface area contributed by atoms with E-state index in [1.165, 1.54) is 6.07 Å². The van der Waals surface area contributed by atoms with E-state index in [-0.39, 0.29) is 29.3 Å². The van der Waals surface area contributed by atoms with E-state index in [2.05, 4.69) is 4.98 Å². The number of fused-ring (bicyclic) bond motifs is 2. The molecule has 1 aromatic heterocycles. The van der Waals surface area contributed by atoms with E-state index in [1.54, 1.807) is 12.1 Å². The summed E-state index contributed by atoms with van der Waals surface area (Å²) >= 11 is 0. The zero-order valence-electron chi connectivity index (χ0n) is 17.9. The first kappa shape index (κ1) is 21.0. The van der Waals surface area contributed by atoms with Gasteiger partial charge < -0.3 is 9.84 Å². The van der Waals surface area contributed by atoms with Gasteiger partial charge in [0.1, 0.15) is 11.5 Å². The largest absolute Gasteiger partial charge is 0.511 e. The number of aryl methyl sites for hydroxylation is 2. The van der Waals surface area contributed by atoms with Crippen molar-refractivity contribution in [2.24, 2.45) is 23.7 Å². The number of carbonyl (C=O) groups is 1. The van der Waals surface area contributed by atoms with E-state index in [0.29, 0.717) is 23.2 Å². The Morgan fingerprint density at radius 1 is 1.00 bits per heavy atom. The maximum absolute atomic E-state index is 13.4. The number of ketones is 1. The minimum absolute atomic E-state index is 0.0474. The quantitative estimate of drug-likeness (QED) is 0.595. The molecule has 3 fully saturated rings. The van der Waals surface area contributed by atoms with Crippen LogP contribution in [0.15, 0.2) is 36.2 Å². The number of aliphatic hydroxyl groups excluding tert-OH is 1. The Hall–Kier alpha value is -2.83. The van der Waals surface area contributed by atoms with E-state index in [0.717, 1.165) is 54.6 Å². The summed E-state index contributed by atoms with van der Waals surface area (Å²) in [5.41, 5.74) is 1.87. The average Bonchev–Trinajstić information content (AvgIpc) is 3.01. The van der Waals surface area contributed by atoms with E-state index in [1.807, 2.05) is 13.8 Å². The highest BCUT2D eigenvalue weighted by Crippen LogP contribution is 2.57. The molecule has 2 bridgehead atoms. The third kappa shape index (κ3) is 3.29. The molecule has 1 N–H and O–H groups in total. The fourth-order valence-corrected chi connectivity index (χ4v) is 6.04. The van der Waals surface area contributed by atoms with Crippen molar-refractivity contribution >= 4 is 11.4 Å². The molecule has 3 saturated carbocycles.